The number of carbonyl (C=O) groups is 1. The molecule has 1 aromatic carbocycles. The van der Waals surface area contributed by atoms with Gasteiger partial charge in [0, 0.05) is 25.1 Å². The van der Waals surface area contributed by atoms with E-state index in [1.807, 2.05) is 0 Å². The number of aromatic carboxylic acids is 1. The van der Waals surface area contributed by atoms with Gasteiger partial charge in [0.1, 0.15) is 0 Å². The highest BCUT2D eigenvalue weighted by Crippen LogP contribution is 2.42. The van der Waals surface area contributed by atoms with Gasteiger partial charge in [-0.1, -0.05) is 0 Å². The second-order valence-electron chi connectivity index (χ2n) is 4.98. The van der Waals surface area contributed by atoms with Crippen LogP contribution in [0.1, 0.15) is 23.0 Å². The largest absolute Gasteiger partial charge is 0.493 e. The highest BCUT2D eigenvalue weighted by atomic mass is 19.3. The van der Waals surface area contributed by atoms with E-state index in [2.05, 4.69) is 5.10 Å². The summed E-state index contributed by atoms with van der Waals surface area (Å²) in [5.41, 5.74) is -0.185. The predicted octanol–water partition coefficient (Wildman–Crippen LogP) is 2.91. The number of hydrogen-bond donors (Lipinski definition) is 1. The van der Waals surface area contributed by atoms with Gasteiger partial charge in [-0.15, -0.1) is 0 Å². The van der Waals surface area contributed by atoms with E-state index >= 15 is 0 Å². The number of ether oxygens (including phenoxy) is 2. The van der Waals surface area contributed by atoms with E-state index in [0.29, 0.717) is 0 Å². The van der Waals surface area contributed by atoms with Crippen LogP contribution in [-0.4, -0.2) is 35.1 Å². The Morgan fingerprint density at radius 2 is 1.78 bits per heavy atom. The van der Waals surface area contributed by atoms with Gasteiger partial charge < -0.3 is 14.6 Å². The van der Waals surface area contributed by atoms with Crippen LogP contribution in [0.5, 0.6) is 11.5 Å². The number of aromatic nitrogens is 2. The van der Waals surface area contributed by atoms with Crippen molar-refractivity contribution >= 4 is 5.97 Å². The smallest absolute Gasteiger partial charge is 0.356 e. The van der Waals surface area contributed by atoms with Crippen molar-refractivity contribution in [1.29, 1.82) is 0 Å². The molecule has 0 saturated heterocycles. The number of halogens is 2. The molecule has 0 saturated carbocycles. The lowest BCUT2D eigenvalue weighted by atomic mass is 9.98. The fraction of sp³-hybridized carbons (Fsp3) is 0.333. The highest BCUT2D eigenvalue weighted by Gasteiger charge is 2.31. The molecule has 0 amide bonds. The first-order chi connectivity index (χ1) is 10.7. The molecule has 0 aliphatic heterocycles. The van der Waals surface area contributed by atoms with Crippen LogP contribution in [-0.2, 0) is 13.0 Å². The Hall–Kier alpha value is -2.64. The van der Waals surface area contributed by atoms with Gasteiger partial charge in [0.2, 0.25) is 0 Å². The zero-order chi connectivity index (χ0) is 17.4. The zero-order valence-corrected chi connectivity index (χ0v) is 13.1. The number of benzene rings is 1. The van der Waals surface area contributed by atoms with Crippen molar-refractivity contribution in [3.8, 4) is 22.8 Å². The van der Waals surface area contributed by atoms with Crippen LogP contribution in [0.2, 0.25) is 0 Å². The molecule has 0 atom stereocenters. The van der Waals surface area contributed by atoms with Gasteiger partial charge in [-0.05, 0) is 18.2 Å². The summed E-state index contributed by atoms with van der Waals surface area (Å²) < 4.78 is 39.5. The molecule has 0 spiro atoms. The Morgan fingerprint density at radius 3 is 2.22 bits per heavy atom. The maximum absolute atomic E-state index is 14.0. The predicted molar refractivity (Wildman–Crippen MR) is 78.3 cm³/mol. The minimum absolute atomic E-state index is 0.123. The fourth-order valence-corrected chi connectivity index (χ4v) is 2.28. The molecule has 2 aromatic rings. The van der Waals surface area contributed by atoms with Crippen LogP contribution in [0, 0.1) is 0 Å². The SMILES string of the molecule is COc1cc(-c2cc(C(=O)O)nn2C)c(C(C)(F)F)cc1OC. The molecule has 1 N–H and O–H groups in total. The Balaban J connectivity index is 2.76. The third kappa shape index (κ3) is 3.10. The number of nitrogens with zero attached hydrogens (tertiary/aromatic N) is 2. The zero-order valence-electron chi connectivity index (χ0n) is 13.1. The maximum atomic E-state index is 14.0. The fourth-order valence-electron chi connectivity index (χ4n) is 2.28. The first-order valence-electron chi connectivity index (χ1n) is 6.61. The lowest BCUT2D eigenvalue weighted by Gasteiger charge is -2.19. The molecule has 0 unspecified atom stereocenters. The molecule has 1 aromatic heterocycles. The third-order valence-corrected chi connectivity index (χ3v) is 3.37. The Kier molecular flexibility index (Phi) is 4.26. The number of methoxy groups -OCH3 is 2. The summed E-state index contributed by atoms with van der Waals surface area (Å²) in [7, 11) is 4.22. The van der Waals surface area contributed by atoms with Gasteiger partial charge >= 0.3 is 5.97 Å². The Morgan fingerprint density at radius 1 is 1.22 bits per heavy atom. The summed E-state index contributed by atoms with van der Waals surface area (Å²) in [6, 6.07) is 3.80. The van der Waals surface area contributed by atoms with Crippen LogP contribution in [0.3, 0.4) is 0 Å². The minimum Gasteiger partial charge on any atom is -0.493 e. The minimum atomic E-state index is -3.16. The summed E-state index contributed by atoms with van der Waals surface area (Å²) in [6.45, 7) is 0.756. The summed E-state index contributed by atoms with van der Waals surface area (Å²) in [6.07, 6.45) is 0. The summed E-state index contributed by atoms with van der Waals surface area (Å²) in [5, 5.41) is 12.8. The van der Waals surface area contributed by atoms with E-state index in [0.717, 1.165) is 6.92 Å². The topological polar surface area (TPSA) is 73.6 Å². The van der Waals surface area contributed by atoms with Crippen LogP contribution in [0.4, 0.5) is 8.78 Å². The van der Waals surface area contributed by atoms with Crippen LogP contribution < -0.4 is 9.47 Å². The number of carboxylic acid groups (broad SMARTS) is 1. The number of aryl methyl sites for hydroxylation is 1. The van der Waals surface area contributed by atoms with Crippen molar-refractivity contribution in [2.24, 2.45) is 7.05 Å². The Labute approximate surface area is 131 Å². The van der Waals surface area contributed by atoms with Gasteiger partial charge in [0.15, 0.2) is 17.2 Å². The molecule has 0 bridgehead atoms. The molecule has 124 valence electrons. The van der Waals surface area contributed by atoms with Gasteiger partial charge in [-0.2, -0.15) is 5.10 Å². The number of carboxylic acids is 1. The van der Waals surface area contributed by atoms with E-state index < -0.39 is 11.9 Å². The molecule has 2 rings (SSSR count). The number of hydrogen-bond acceptors (Lipinski definition) is 4. The average Bonchev–Trinajstić information content (AvgIpc) is 2.87. The van der Waals surface area contributed by atoms with Crippen molar-refractivity contribution in [2.75, 3.05) is 14.2 Å². The van der Waals surface area contributed by atoms with E-state index in [9.17, 15) is 13.6 Å². The number of alkyl halides is 2. The van der Waals surface area contributed by atoms with Gasteiger partial charge in [-0.25, -0.2) is 13.6 Å². The van der Waals surface area contributed by atoms with Gasteiger partial charge in [-0.3, -0.25) is 4.68 Å². The Bertz CT molecular complexity index is 751. The molecule has 23 heavy (non-hydrogen) atoms. The summed E-state index contributed by atoms with van der Waals surface area (Å²) in [5.74, 6) is -3.98. The monoisotopic (exact) mass is 326 g/mol. The van der Waals surface area contributed by atoms with Crippen LogP contribution >= 0.6 is 0 Å². The van der Waals surface area contributed by atoms with Crippen molar-refractivity contribution in [3.05, 3.63) is 29.5 Å². The van der Waals surface area contributed by atoms with Crippen LogP contribution in [0.15, 0.2) is 18.2 Å². The standard InChI is InChI=1S/C15H16F2N2O4/c1-15(16,17)9-6-13(23-4)12(22-3)5-8(9)11-7-10(14(20)21)18-19(11)2/h5-7H,1-4H3,(H,20,21). The lowest BCUT2D eigenvalue weighted by Crippen LogP contribution is -2.11. The second-order valence-corrected chi connectivity index (χ2v) is 4.98. The normalized spacial score (nSPS) is 11.4. The molecule has 0 radical (unpaired) electrons. The van der Waals surface area contributed by atoms with E-state index in [1.165, 1.54) is 44.1 Å². The molecule has 8 heteroatoms. The average molecular weight is 326 g/mol. The van der Waals surface area contributed by atoms with Crippen molar-refractivity contribution in [2.45, 2.75) is 12.8 Å². The second kappa shape index (κ2) is 5.86. The first kappa shape index (κ1) is 16.7. The van der Waals surface area contributed by atoms with Gasteiger partial charge in [0.25, 0.3) is 5.92 Å². The number of rotatable bonds is 5. The van der Waals surface area contributed by atoms with Crippen molar-refractivity contribution in [3.63, 3.8) is 0 Å². The first-order valence-corrected chi connectivity index (χ1v) is 6.61. The maximum Gasteiger partial charge on any atom is 0.356 e. The quantitative estimate of drug-likeness (QED) is 0.914. The molecular weight excluding hydrogens is 310 g/mol. The van der Waals surface area contributed by atoms with E-state index in [4.69, 9.17) is 14.6 Å². The van der Waals surface area contributed by atoms with Gasteiger partial charge in [0.05, 0.1) is 19.9 Å². The highest BCUT2D eigenvalue weighted by molar-refractivity contribution is 5.87. The third-order valence-electron chi connectivity index (χ3n) is 3.37. The molecule has 0 aliphatic carbocycles. The molecule has 0 fully saturated rings. The summed E-state index contributed by atoms with van der Waals surface area (Å²) in [4.78, 5) is 11.0. The summed E-state index contributed by atoms with van der Waals surface area (Å²) >= 11 is 0. The lowest BCUT2D eigenvalue weighted by molar-refractivity contribution is 0.0178. The van der Waals surface area contributed by atoms with Crippen molar-refractivity contribution < 1.29 is 28.2 Å². The molecule has 0 aliphatic rings. The molecule has 6 nitrogen and oxygen atoms in total. The van der Waals surface area contributed by atoms with Crippen molar-refractivity contribution in [1.82, 2.24) is 9.78 Å². The molecular formula is C15H16F2N2O4. The van der Waals surface area contributed by atoms with E-state index in [1.54, 1.807) is 0 Å². The van der Waals surface area contributed by atoms with Crippen LogP contribution in [0.25, 0.3) is 11.3 Å². The van der Waals surface area contributed by atoms with E-state index in [-0.39, 0.29) is 34.0 Å². The molecule has 1 heterocycles.